The van der Waals surface area contributed by atoms with Crippen LogP contribution in [0.2, 0.25) is 0 Å². The van der Waals surface area contributed by atoms with Crippen LogP contribution in [0.5, 0.6) is 0 Å². The molecule has 138 valence electrons. The van der Waals surface area contributed by atoms with E-state index in [1.165, 1.54) is 0 Å². The minimum absolute atomic E-state index is 0.0169. The largest absolute Gasteiger partial charge is 0.394 e. The summed E-state index contributed by atoms with van der Waals surface area (Å²) in [5, 5.41) is 9.60. The van der Waals surface area contributed by atoms with Crippen LogP contribution >= 0.6 is 0 Å². The van der Waals surface area contributed by atoms with E-state index in [2.05, 4.69) is 11.0 Å². The third kappa shape index (κ3) is 3.02. The lowest BCUT2D eigenvalue weighted by molar-refractivity contribution is 0.0298. The third-order valence-corrected chi connectivity index (χ3v) is 5.15. The van der Waals surface area contributed by atoms with Crippen molar-refractivity contribution in [3.05, 3.63) is 47.4 Å². The molecule has 2 aliphatic heterocycles. The van der Waals surface area contributed by atoms with Crippen molar-refractivity contribution >= 4 is 11.6 Å². The molecule has 1 fully saturated rings. The lowest BCUT2D eigenvalue weighted by atomic mass is 10.2. The van der Waals surface area contributed by atoms with Crippen molar-refractivity contribution < 1.29 is 14.6 Å². The zero-order valence-corrected chi connectivity index (χ0v) is 15.0. The van der Waals surface area contributed by atoms with E-state index in [9.17, 15) is 9.90 Å². The van der Waals surface area contributed by atoms with Crippen molar-refractivity contribution in [1.82, 2.24) is 19.2 Å². The van der Waals surface area contributed by atoms with Gasteiger partial charge in [0.15, 0.2) is 5.69 Å². The van der Waals surface area contributed by atoms with Gasteiger partial charge in [0.1, 0.15) is 5.65 Å². The summed E-state index contributed by atoms with van der Waals surface area (Å²) in [6.45, 7) is 5.71. The van der Waals surface area contributed by atoms with E-state index in [4.69, 9.17) is 9.72 Å². The molecule has 4 heterocycles. The second-order valence-electron chi connectivity index (χ2n) is 6.80. The number of aliphatic hydroxyl groups excluding tert-OH is 1. The first-order valence-corrected chi connectivity index (χ1v) is 9.04. The summed E-state index contributed by atoms with van der Waals surface area (Å²) in [7, 11) is 0. The second-order valence-corrected chi connectivity index (χ2v) is 6.80. The maximum Gasteiger partial charge on any atom is 0.274 e. The van der Waals surface area contributed by atoms with Crippen molar-refractivity contribution in [3.8, 4) is 0 Å². The maximum atomic E-state index is 13.1. The van der Waals surface area contributed by atoms with Crippen LogP contribution in [0.3, 0.4) is 0 Å². The molecule has 26 heavy (non-hydrogen) atoms. The molecule has 2 aliphatic rings. The number of ether oxygens (including phenoxy) is 1. The van der Waals surface area contributed by atoms with Crippen LogP contribution in [0.15, 0.2) is 30.5 Å². The number of pyridine rings is 1. The predicted molar refractivity (Wildman–Crippen MR) is 97.1 cm³/mol. The first-order chi connectivity index (χ1) is 12.7. The van der Waals surface area contributed by atoms with Crippen LogP contribution in [-0.4, -0.2) is 75.7 Å². The van der Waals surface area contributed by atoms with Gasteiger partial charge in [-0.25, -0.2) is 4.98 Å². The number of carbonyl (C=O) groups is 1. The van der Waals surface area contributed by atoms with Gasteiger partial charge in [-0.1, -0.05) is 18.2 Å². The third-order valence-electron chi connectivity index (χ3n) is 5.15. The number of carbonyl (C=O) groups excluding carboxylic acids is 1. The topological polar surface area (TPSA) is 70.3 Å². The van der Waals surface area contributed by atoms with E-state index >= 15 is 0 Å². The Kier molecular flexibility index (Phi) is 4.76. The fourth-order valence-corrected chi connectivity index (χ4v) is 3.65. The number of aryl methyl sites for hydroxylation is 1. The fourth-order valence-electron chi connectivity index (χ4n) is 3.65. The standard InChI is InChI=1S/C19H24N4O3/c1-14-4-2-7-23-16(12-22-6-3-5-15(22)13-24)17(20-18(14)23)19(25)21-8-10-26-11-9-21/h2-5,7,15,24H,6,8-13H2,1H3/t15-/m1/s1. The Balaban J connectivity index is 1.73. The smallest absolute Gasteiger partial charge is 0.274 e. The molecule has 1 N–H and O–H groups in total. The molecule has 0 aliphatic carbocycles. The molecule has 0 bridgehead atoms. The van der Waals surface area contributed by atoms with Gasteiger partial charge in [-0.05, 0) is 18.6 Å². The van der Waals surface area contributed by atoms with Crippen molar-refractivity contribution in [3.63, 3.8) is 0 Å². The number of aliphatic hydroxyl groups is 1. The molecule has 0 saturated carbocycles. The highest BCUT2D eigenvalue weighted by molar-refractivity contribution is 5.94. The van der Waals surface area contributed by atoms with E-state index in [1.54, 1.807) is 0 Å². The quantitative estimate of drug-likeness (QED) is 0.823. The number of imidazole rings is 1. The van der Waals surface area contributed by atoms with Crippen LogP contribution in [0.4, 0.5) is 0 Å². The average Bonchev–Trinajstić information content (AvgIpc) is 3.28. The Morgan fingerprint density at radius 3 is 2.96 bits per heavy atom. The number of morpholine rings is 1. The molecular formula is C19H24N4O3. The van der Waals surface area contributed by atoms with Crippen molar-refractivity contribution in [1.29, 1.82) is 0 Å². The van der Waals surface area contributed by atoms with Gasteiger partial charge in [-0.2, -0.15) is 0 Å². The highest BCUT2D eigenvalue weighted by Crippen LogP contribution is 2.22. The molecule has 0 aromatic carbocycles. The molecule has 1 amide bonds. The number of amides is 1. The summed E-state index contributed by atoms with van der Waals surface area (Å²) in [6.07, 6.45) is 6.02. The van der Waals surface area contributed by atoms with Gasteiger partial charge in [-0.15, -0.1) is 0 Å². The van der Waals surface area contributed by atoms with Gasteiger partial charge in [0.2, 0.25) is 0 Å². The van der Waals surface area contributed by atoms with Crippen molar-refractivity contribution in [2.75, 3.05) is 39.5 Å². The van der Waals surface area contributed by atoms with Gasteiger partial charge < -0.3 is 19.1 Å². The summed E-state index contributed by atoms with van der Waals surface area (Å²) >= 11 is 0. The summed E-state index contributed by atoms with van der Waals surface area (Å²) in [6, 6.07) is 3.96. The fraction of sp³-hybridized carbons (Fsp3) is 0.474. The number of nitrogens with zero attached hydrogens (tertiary/aromatic N) is 4. The van der Waals surface area contributed by atoms with Crippen molar-refractivity contribution in [2.24, 2.45) is 0 Å². The van der Waals surface area contributed by atoms with E-state index in [-0.39, 0.29) is 18.6 Å². The van der Waals surface area contributed by atoms with Gasteiger partial charge in [0.05, 0.1) is 31.6 Å². The van der Waals surface area contributed by atoms with Crippen LogP contribution in [-0.2, 0) is 11.3 Å². The number of aromatic nitrogens is 2. The Bertz CT molecular complexity index is 839. The normalized spacial score (nSPS) is 21.0. The summed E-state index contributed by atoms with van der Waals surface area (Å²) in [5.41, 5.74) is 3.23. The first kappa shape index (κ1) is 17.2. The van der Waals surface area contributed by atoms with E-state index in [0.29, 0.717) is 38.5 Å². The van der Waals surface area contributed by atoms with E-state index in [0.717, 1.165) is 23.4 Å². The molecule has 2 aromatic heterocycles. The predicted octanol–water partition coefficient (Wildman–Crippen LogP) is 0.848. The highest BCUT2D eigenvalue weighted by atomic mass is 16.5. The summed E-state index contributed by atoms with van der Waals surface area (Å²) < 4.78 is 7.38. The van der Waals surface area contributed by atoms with E-state index in [1.807, 2.05) is 40.6 Å². The lowest BCUT2D eigenvalue weighted by Crippen LogP contribution is -2.41. The SMILES string of the molecule is Cc1cccn2c(CN3CC=C[C@@H]3CO)c(C(=O)N3CCOCC3)nc12. The monoisotopic (exact) mass is 356 g/mol. The van der Waals surface area contributed by atoms with Gasteiger partial charge in [0.25, 0.3) is 5.91 Å². The average molecular weight is 356 g/mol. The Hall–Kier alpha value is -2.22. The molecule has 1 saturated heterocycles. The van der Waals surface area contributed by atoms with Crippen LogP contribution in [0, 0.1) is 6.92 Å². The van der Waals surface area contributed by atoms with Gasteiger partial charge in [0, 0.05) is 32.4 Å². The Labute approximate surface area is 152 Å². The molecule has 1 atom stereocenters. The minimum atomic E-state index is -0.0425. The van der Waals surface area contributed by atoms with Gasteiger partial charge >= 0.3 is 0 Å². The number of hydrogen-bond donors (Lipinski definition) is 1. The minimum Gasteiger partial charge on any atom is -0.394 e. The highest BCUT2D eigenvalue weighted by Gasteiger charge is 2.28. The van der Waals surface area contributed by atoms with Crippen LogP contribution in [0.25, 0.3) is 5.65 Å². The zero-order valence-electron chi connectivity index (χ0n) is 15.0. The summed E-state index contributed by atoms with van der Waals surface area (Å²) in [5.74, 6) is -0.0425. The molecule has 7 heteroatoms. The molecule has 0 radical (unpaired) electrons. The molecule has 0 unspecified atom stereocenters. The first-order valence-electron chi connectivity index (χ1n) is 9.04. The molecule has 4 rings (SSSR count). The number of rotatable bonds is 4. The lowest BCUT2D eigenvalue weighted by Gasteiger charge is -2.27. The van der Waals surface area contributed by atoms with Gasteiger partial charge in [-0.3, -0.25) is 9.69 Å². The molecule has 2 aromatic rings. The van der Waals surface area contributed by atoms with Crippen LogP contribution in [0.1, 0.15) is 21.7 Å². The zero-order chi connectivity index (χ0) is 18.1. The Morgan fingerprint density at radius 2 is 2.19 bits per heavy atom. The second kappa shape index (κ2) is 7.19. The van der Waals surface area contributed by atoms with E-state index < -0.39 is 0 Å². The molecular weight excluding hydrogens is 332 g/mol. The summed E-state index contributed by atoms with van der Waals surface area (Å²) in [4.78, 5) is 21.8. The van der Waals surface area contributed by atoms with Crippen LogP contribution < -0.4 is 0 Å². The molecule has 7 nitrogen and oxygen atoms in total. The number of fused-ring (bicyclic) bond motifs is 1. The Morgan fingerprint density at radius 1 is 1.38 bits per heavy atom. The molecule has 0 spiro atoms. The number of hydrogen-bond acceptors (Lipinski definition) is 5. The maximum absolute atomic E-state index is 13.1. The van der Waals surface area contributed by atoms with Crippen molar-refractivity contribution in [2.45, 2.75) is 19.5 Å².